The fourth-order valence-corrected chi connectivity index (χ4v) is 5.98. The number of rotatable bonds is 10. The number of benzene rings is 2. The zero-order valence-corrected chi connectivity index (χ0v) is 25.6. The molecule has 1 fully saturated rings. The Balaban J connectivity index is 1.50. The molecule has 0 bridgehead atoms. The molecule has 0 saturated heterocycles. The molecule has 0 amide bonds. The van der Waals surface area contributed by atoms with Crippen molar-refractivity contribution in [1.29, 1.82) is 0 Å². The van der Waals surface area contributed by atoms with Crippen LogP contribution in [-0.4, -0.2) is 40.2 Å². The van der Waals surface area contributed by atoms with Crippen LogP contribution in [0.5, 0.6) is 11.6 Å². The zero-order valence-electron chi connectivity index (χ0n) is 25.6. The lowest BCUT2D eigenvalue weighted by Gasteiger charge is -2.34. The van der Waals surface area contributed by atoms with E-state index in [1.54, 1.807) is 6.07 Å². The molecule has 1 N–H and O–H groups in total. The number of fused-ring (bicyclic) bond motifs is 1. The van der Waals surface area contributed by atoms with Crippen LogP contribution in [-0.2, 0) is 17.8 Å². The molecule has 1 aromatic heterocycles. The van der Waals surface area contributed by atoms with Crippen LogP contribution in [0, 0.1) is 17.7 Å². The van der Waals surface area contributed by atoms with Crippen molar-refractivity contribution in [3.63, 3.8) is 0 Å². The molecule has 1 saturated carbocycles. The van der Waals surface area contributed by atoms with Crippen LogP contribution < -0.4 is 9.47 Å². The van der Waals surface area contributed by atoms with Gasteiger partial charge < -0.3 is 14.6 Å². The van der Waals surface area contributed by atoms with E-state index in [0.717, 1.165) is 59.3 Å². The summed E-state index contributed by atoms with van der Waals surface area (Å²) in [5, 5.41) is 9.77. The Kier molecular flexibility index (Phi) is 8.61. The van der Waals surface area contributed by atoms with Gasteiger partial charge in [-0.2, -0.15) is 0 Å². The minimum atomic E-state index is -0.755. The predicted molar refractivity (Wildman–Crippen MR) is 162 cm³/mol. The molecule has 3 aromatic rings. The average molecular weight is 575 g/mol. The summed E-state index contributed by atoms with van der Waals surface area (Å²) in [6, 6.07) is 14.1. The first-order valence-corrected chi connectivity index (χ1v) is 15.1. The molecule has 1 aliphatic heterocycles. The van der Waals surface area contributed by atoms with Crippen molar-refractivity contribution in [2.75, 3.05) is 13.7 Å². The fraction of sp³-hybridized carbons (Fsp3) is 0.486. The number of aliphatic carboxylic acids is 1. The van der Waals surface area contributed by atoms with E-state index in [-0.39, 0.29) is 17.6 Å². The minimum absolute atomic E-state index is 0.0103. The first kappa shape index (κ1) is 30.0. The summed E-state index contributed by atoms with van der Waals surface area (Å²) in [4.78, 5) is 18.3. The zero-order chi connectivity index (χ0) is 30.2. The van der Waals surface area contributed by atoms with E-state index in [4.69, 9.17) is 9.47 Å². The average Bonchev–Trinajstić information content (AvgIpc) is 3.78. The molecule has 7 heteroatoms. The first-order chi connectivity index (χ1) is 20.0. The van der Waals surface area contributed by atoms with Crippen LogP contribution in [0.4, 0.5) is 4.39 Å². The quantitative estimate of drug-likeness (QED) is 0.266. The molecule has 0 spiro atoms. The number of ether oxygens (including phenoxy) is 2. The van der Waals surface area contributed by atoms with Gasteiger partial charge in [0, 0.05) is 23.7 Å². The number of aryl methyl sites for hydroxylation is 1. The maximum Gasteiger partial charge on any atom is 0.306 e. The Labute approximate surface area is 248 Å². The van der Waals surface area contributed by atoms with Gasteiger partial charge in [0.15, 0.2) is 0 Å². The van der Waals surface area contributed by atoms with E-state index < -0.39 is 17.7 Å². The number of halogens is 1. The third-order valence-electron chi connectivity index (χ3n) is 8.96. The van der Waals surface area contributed by atoms with Crippen molar-refractivity contribution >= 4 is 5.97 Å². The lowest BCUT2D eigenvalue weighted by atomic mass is 9.82. The van der Waals surface area contributed by atoms with Crippen LogP contribution >= 0.6 is 0 Å². The molecule has 6 nitrogen and oxygen atoms in total. The van der Waals surface area contributed by atoms with Crippen LogP contribution in [0.3, 0.4) is 0 Å². The molecule has 2 aliphatic rings. The van der Waals surface area contributed by atoms with Gasteiger partial charge in [0.1, 0.15) is 17.7 Å². The smallest absolute Gasteiger partial charge is 0.306 e. The number of nitrogens with zero attached hydrogens (tertiary/aromatic N) is 2. The van der Waals surface area contributed by atoms with Gasteiger partial charge in [0.25, 0.3) is 0 Å². The largest absolute Gasteiger partial charge is 0.485 e. The molecule has 1 aliphatic carbocycles. The molecule has 224 valence electrons. The molecule has 42 heavy (non-hydrogen) atoms. The number of carboxylic acid groups (broad SMARTS) is 1. The molecular weight excluding hydrogens is 531 g/mol. The van der Waals surface area contributed by atoms with Gasteiger partial charge in [-0.3, -0.25) is 9.69 Å². The van der Waals surface area contributed by atoms with Crippen molar-refractivity contribution in [1.82, 2.24) is 9.88 Å². The maximum absolute atomic E-state index is 15.0. The number of carbonyl (C=O) groups is 1. The third-order valence-corrected chi connectivity index (χ3v) is 8.96. The highest BCUT2D eigenvalue weighted by molar-refractivity contribution is 5.71. The van der Waals surface area contributed by atoms with Gasteiger partial charge in [0.05, 0.1) is 18.7 Å². The molecule has 3 atom stereocenters. The molecule has 5 rings (SSSR count). The summed E-state index contributed by atoms with van der Waals surface area (Å²) >= 11 is 0. The monoisotopic (exact) mass is 574 g/mol. The Morgan fingerprint density at radius 2 is 1.93 bits per heavy atom. The SMILES string of the molecule is CCOc1cc(-c2ccc(C3CCc4ccc([C@H](C5CC5)[C@H](C)C(=O)O)cc4O3)c(CN(C)C(C)(C)C)c2)c(F)cn1. The standard InChI is InChI=1S/C35H43FN2O4/c1-7-41-32-18-28(29(36)19-37-32)24-12-14-27(26(16-24)20-38(6)35(3,4)5)30-15-13-22-8-11-25(17-31(22)42-30)33(23-9-10-23)21(2)34(39)40/h8,11-12,14,16-19,21,23,30,33H,7,9-10,13,15,20H2,1-6H3,(H,39,40)/t21-,30?,33-/m0/s1. The van der Waals surface area contributed by atoms with Gasteiger partial charge >= 0.3 is 5.97 Å². The highest BCUT2D eigenvalue weighted by Gasteiger charge is 2.39. The second-order valence-electron chi connectivity index (χ2n) is 12.9. The van der Waals surface area contributed by atoms with E-state index >= 15 is 0 Å². The molecular formula is C35H43FN2O4. The summed E-state index contributed by atoms with van der Waals surface area (Å²) < 4.78 is 27.2. The number of hydrogen-bond acceptors (Lipinski definition) is 5. The van der Waals surface area contributed by atoms with Crippen molar-refractivity contribution < 1.29 is 23.8 Å². The van der Waals surface area contributed by atoms with Gasteiger partial charge in [0.2, 0.25) is 5.88 Å². The minimum Gasteiger partial charge on any atom is -0.485 e. The maximum atomic E-state index is 15.0. The summed E-state index contributed by atoms with van der Waals surface area (Å²) in [6.07, 6.45) is 4.90. The van der Waals surface area contributed by atoms with Gasteiger partial charge in [-0.15, -0.1) is 0 Å². The lowest BCUT2D eigenvalue weighted by molar-refractivity contribution is -0.142. The van der Waals surface area contributed by atoms with E-state index in [9.17, 15) is 14.3 Å². The summed E-state index contributed by atoms with van der Waals surface area (Å²) in [5.74, 6) is 0.0524. The summed E-state index contributed by atoms with van der Waals surface area (Å²) in [7, 11) is 2.10. The van der Waals surface area contributed by atoms with Crippen LogP contribution in [0.1, 0.15) is 88.2 Å². The van der Waals surface area contributed by atoms with E-state index in [2.05, 4.69) is 68.0 Å². The van der Waals surface area contributed by atoms with Gasteiger partial charge in [-0.05, 0) is 112 Å². The van der Waals surface area contributed by atoms with Crippen molar-refractivity contribution in [3.8, 4) is 22.8 Å². The van der Waals surface area contributed by atoms with Gasteiger partial charge in [-0.25, -0.2) is 9.37 Å². The molecule has 2 aromatic carbocycles. The number of hydrogen-bond donors (Lipinski definition) is 1. The number of aromatic nitrogens is 1. The second kappa shape index (κ2) is 12.0. The van der Waals surface area contributed by atoms with Crippen molar-refractivity contribution in [3.05, 3.63) is 76.7 Å². The molecule has 2 heterocycles. The van der Waals surface area contributed by atoms with Crippen LogP contribution in [0.2, 0.25) is 0 Å². The first-order valence-electron chi connectivity index (χ1n) is 15.1. The van der Waals surface area contributed by atoms with Gasteiger partial charge in [-0.1, -0.05) is 31.2 Å². The Morgan fingerprint density at radius 1 is 1.17 bits per heavy atom. The fourth-order valence-electron chi connectivity index (χ4n) is 5.98. The summed E-state index contributed by atoms with van der Waals surface area (Å²) in [5.41, 5.74) is 5.53. The van der Waals surface area contributed by atoms with E-state index in [1.807, 2.05) is 19.9 Å². The second-order valence-corrected chi connectivity index (χ2v) is 12.9. The molecule has 1 unspecified atom stereocenters. The number of carboxylic acids is 1. The topological polar surface area (TPSA) is 71.9 Å². The Bertz CT molecular complexity index is 1450. The lowest BCUT2D eigenvalue weighted by Crippen LogP contribution is -2.37. The van der Waals surface area contributed by atoms with Crippen LogP contribution in [0.15, 0.2) is 48.7 Å². The highest BCUT2D eigenvalue weighted by atomic mass is 19.1. The normalized spacial score (nSPS) is 18.2. The van der Waals surface area contributed by atoms with E-state index in [1.165, 1.54) is 6.20 Å². The summed E-state index contributed by atoms with van der Waals surface area (Å²) in [6.45, 7) is 11.4. The van der Waals surface area contributed by atoms with Crippen LogP contribution in [0.25, 0.3) is 11.1 Å². The number of pyridine rings is 1. The molecule has 0 radical (unpaired) electrons. The highest BCUT2D eigenvalue weighted by Crippen LogP contribution is 2.48. The predicted octanol–water partition coefficient (Wildman–Crippen LogP) is 7.80. The third kappa shape index (κ3) is 6.46. The van der Waals surface area contributed by atoms with E-state index in [0.29, 0.717) is 30.5 Å². The van der Waals surface area contributed by atoms with Crippen molar-refractivity contribution in [2.24, 2.45) is 11.8 Å². The Morgan fingerprint density at radius 3 is 2.60 bits per heavy atom. The Hall–Kier alpha value is -3.45. The van der Waals surface area contributed by atoms with Crippen molar-refractivity contribution in [2.45, 2.75) is 84.4 Å².